The molecule has 4 aliphatic rings. The number of ether oxygens (including phenoxy) is 1. The van der Waals surface area contributed by atoms with Crippen LogP contribution in [0.4, 0.5) is 0 Å². The molecular weight excluding hydrogens is 436 g/mol. The summed E-state index contributed by atoms with van der Waals surface area (Å²) in [6, 6.07) is 0. The van der Waals surface area contributed by atoms with Gasteiger partial charge < -0.3 is 9.84 Å². The van der Waals surface area contributed by atoms with Crippen molar-refractivity contribution in [3.63, 3.8) is 0 Å². The van der Waals surface area contributed by atoms with Gasteiger partial charge in [-0.1, -0.05) is 53.7 Å². The summed E-state index contributed by atoms with van der Waals surface area (Å²) in [5.74, 6) is 0.816. The summed E-state index contributed by atoms with van der Waals surface area (Å²) in [5.41, 5.74) is 3.67. The third-order valence-corrected chi connectivity index (χ3v) is 11.6. The van der Waals surface area contributed by atoms with Crippen molar-refractivity contribution in [2.75, 3.05) is 7.11 Å². The average molecular weight is 483 g/mol. The Hall–Kier alpha value is -1.68. The Bertz CT molecular complexity index is 999. The van der Waals surface area contributed by atoms with Crippen LogP contribution in [0.3, 0.4) is 0 Å². The van der Waals surface area contributed by atoms with Crippen molar-refractivity contribution in [1.82, 2.24) is 0 Å². The Morgan fingerprint density at radius 2 is 1.83 bits per heavy atom. The summed E-state index contributed by atoms with van der Waals surface area (Å²) in [4.78, 5) is 24.6. The molecule has 0 aliphatic heterocycles. The molecule has 7 atom stereocenters. The quantitative estimate of drug-likeness (QED) is 0.355. The van der Waals surface area contributed by atoms with E-state index in [1.807, 2.05) is 0 Å². The number of rotatable bonds is 5. The van der Waals surface area contributed by atoms with Gasteiger partial charge in [-0.15, -0.1) is 0 Å². The van der Waals surface area contributed by atoms with Crippen LogP contribution in [0.5, 0.6) is 0 Å². The van der Waals surface area contributed by atoms with E-state index in [1.54, 1.807) is 12.5 Å². The molecular formula is C31H46O4. The number of allylic oxidation sites excluding steroid dienone is 5. The third-order valence-electron chi connectivity index (χ3n) is 11.6. The van der Waals surface area contributed by atoms with Crippen LogP contribution < -0.4 is 0 Å². The van der Waals surface area contributed by atoms with Gasteiger partial charge in [-0.3, -0.25) is 4.79 Å². The van der Waals surface area contributed by atoms with Crippen LogP contribution in [0.15, 0.2) is 34.9 Å². The molecule has 4 nitrogen and oxygen atoms in total. The number of carbonyl (C=O) groups excluding carboxylic acids is 2. The molecule has 4 heteroatoms. The van der Waals surface area contributed by atoms with Crippen molar-refractivity contribution in [3.8, 4) is 0 Å². The molecule has 35 heavy (non-hydrogen) atoms. The van der Waals surface area contributed by atoms with Gasteiger partial charge in [0.1, 0.15) is 0 Å². The van der Waals surface area contributed by atoms with Gasteiger partial charge >= 0.3 is 5.97 Å². The van der Waals surface area contributed by atoms with Crippen molar-refractivity contribution in [1.29, 1.82) is 0 Å². The van der Waals surface area contributed by atoms with Gasteiger partial charge in [0.2, 0.25) is 0 Å². The second-order valence-electron chi connectivity index (χ2n) is 13.4. The van der Waals surface area contributed by atoms with Crippen LogP contribution >= 0.6 is 0 Å². The lowest BCUT2D eigenvalue weighted by Gasteiger charge is -2.62. The van der Waals surface area contributed by atoms with Crippen LogP contribution in [-0.2, 0) is 14.3 Å². The molecule has 0 saturated heterocycles. The monoisotopic (exact) mass is 482 g/mol. The lowest BCUT2D eigenvalue weighted by Crippen LogP contribution is -2.56. The standard InChI is InChI=1S/C31H46O4/c1-19(27(34)35-8)17-21(32)18-20(2)30(6)15-12-24-22-9-10-25-28(3,4)26(33)13-14-29(25,5)23(22)11-16-31(24,30)7/h9,12,17,20,23,25-26,33H,10-11,13-16,18H2,1-8H3/b19-17+/t20-,23-,25+,26-,29-,30+,31-/m1/s1. The van der Waals surface area contributed by atoms with E-state index in [0.717, 1.165) is 32.1 Å². The van der Waals surface area contributed by atoms with E-state index < -0.39 is 5.97 Å². The maximum Gasteiger partial charge on any atom is 0.333 e. The number of esters is 1. The Labute approximate surface area is 212 Å². The van der Waals surface area contributed by atoms with Crippen LogP contribution in [0.25, 0.3) is 0 Å². The molecule has 4 aliphatic carbocycles. The van der Waals surface area contributed by atoms with E-state index in [4.69, 9.17) is 4.74 Å². The van der Waals surface area contributed by atoms with E-state index in [0.29, 0.717) is 23.8 Å². The van der Waals surface area contributed by atoms with Crippen molar-refractivity contribution >= 4 is 11.8 Å². The molecule has 1 N–H and O–H groups in total. The molecule has 0 bridgehead atoms. The minimum absolute atomic E-state index is 0.00240. The molecule has 0 aromatic carbocycles. The molecule has 2 saturated carbocycles. The Balaban J connectivity index is 1.59. The number of carbonyl (C=O) groups is 2. The third kappa shape index (κ3) is 3.81. The Kier molecular flexibility index (Phi) is 6.57. The number of hydrogen-bond acceptors (Lipinski definition) is 4. The number of methoxy groups -OCH3 is 1. The molecule has 4 rings (SSSR count). The maximum absolute atomic E-state index is 12.8. The second-order valence-corrected chi connectivity index (χ2v) is 13.4. The smallest absolute Gasteiger partial charge is 0.333 e. The zero-order valence-corrected chi connectivity index (χ0v) is 23.2. The highest BCUT2D eigenvalue weighted by atomic mass is 16.5. The zero-order valence-electron chi connectivity index (χ0n) is 23.2. The van der Waals surface area contributed by atoms with Crippen LogP contribution in [0, 0.1) is 39.4 Å². The van der Waals surface area contributed by atoms with E-state index in [9.17, 15) is 14.7 Å². The number of ketones is 1. The molecule has 0 spiro atoms. The molecule has 0 aromatic rings. The van der Waals surface area contributed by atoms with E-state index in [2.05, 4.69) is 53.7 Å². The van der Waals surface area contributed by atoms with Gasteiger partial charge in [-0.05, 0) is 102 Å². The summed E-state index contributed by atoms with van der Waals surface area (Å²) in [7, 11) is 1.34. The number of hydrogen-bond donors (Lipinski definition) is 1. The fourth-order valence-corrected chi connectivity index (χ4v) is 8.75. The highest BCUT2D eigenvalue weighted by Gasteiger charge is 2.61. The minimum atomic E-state index is -0.443. The fourth-order valence-electron chi connectivity index (χ4n) is 8.75. The van der Waals surface area contributed by atoms with E-state index in [-0.39, 0.29) is 39.5 Å². The summed E-state index contributed by atoms with van der Waals surface area (Å²) < 4.78 is 4.75. The van der Waals surface area contributed by atoms with Gasteiger partial charge in [0, 0.05) is 12.0 Å². The van der Waals surface area contributed by atoms with Crippen molar-refractivity contribution in [2.24, 2.45) is 39.4 Å². The lowest BCUT2D eigenvalue weighted by atomic mass is 9.43. The summed E-state index contributed by atoms with van der Waals surface area (Å²) in [5, 5.41) is 10.8. The van der Waals surface area contributed by atoms with Crippen LogP contribution in [0.2, 0.25) is 0 Å². The van der Waals surface area contributed by atoms with Gasteiger partial charge in [0.05, 0.1) is 13.2 Å². The van der Waals surface area contributed by atoms with Gasteiger partial charge in [-0.2, -0.15) is 0 Å². The molecule has 0 heterocycles. The second kappa shape index (κ2) is 8.71. The first kappa shape index (κ1) is 26.4. The van der Waals surface area contributed by atoms with E-state index in [1.165, 1.54) is 25.2 Å². The van der Waals surface area contributed by atoms with Gasteiger partial charge in [0.15, 0.2) is 5.78 Å². The molecule has 2 fully saturated rings. The van der Waals surface area contributed by atoms with Crippen LogP contribution in [0.1, 0.15) is 93.4 Å². The zero-order chi connectivity index (χ0) is 26.0. The minimum Gasteiger partial charge on any atom is -0.466 e. The van der Waals surface area contributed by atoms with Gasteiger partial charge in [0.25, 0.3) is 0 Å². The molecule has 0 amide bonds. The number of aliphatic hydroxyl groups is 1. The van der Waals surface area contributed by atoms with Crippen LogP contribution in [-0.4, -0.2) is 30.1 Å². The predicted molar refractivity (Wildman–Crippen MR) is 140 cm³/mol. The first-order chi connectivity index (χ1) is 16.2. The highest BCUT2D eigenvalue weighted by Crippen LogP contribution is 2.70. The maximum atomic E-state index is 12.8. The SMILES string of the molecule is COC(=O)/C(C)=C/C(=O)C[C@@H](C)[C@]1(C)CC=C2C3=CC[C@H]4C(C)(C)[C@H](O)CC[C@]4(C)[C@@H]3CC[C@]21C. The predicted octanol–water partition coefficient (Wildman–Crippen LogP) is 6.59. The first-order valence-electron chi connectivity index (χ1n) is 13.6. The topological polar surface area (TPSA) is 63.6 Å². The summed E-state index contributed by atoms with van der Waals surface area (Å²) in [6.07, 6.45) is 13.0. The lowest BCUT2D eigenvalue weighted by molar-refractivity contribution is -0.136. The molecule has 0 unspecified atom stereocenters. The average Bonchev–Trinajstić information content (AvgIpc) is 3.08. The van der Waals surface area contributed by atoms with Gasteiger partial charge in [-0.25, -0.2) is 4.79 Å². The van der Waals surface area contributed by atoms with Crippen molar-refractivity contribution in [3.05, 3.63) is 34.9 Å². The van der Waals surface area contributed by atoms with Crippen molar-refractivity contribution < 1.29 is 19.4 Å². The molecule has 194 valence electrons. The Morgan fingerprint density at radius 3 is 2.49 bits per heavy atom. The normalized spacial score (nSPS) is 41.1. The summed E-state index contributed by atoms with van der Waals surface area (Å²) >= 11 is 0. The first-order valence-corrected chi connectivity index (χ1v) is 13.6. The largest absolute Gasteiger partial charge is 0.466 e. The Morgan fingerprint density at radius 1 is 1.14 bits per heavy atom. The number of fused-ring (bicyclic) bond motifs is 5. The number of aliphatic hydroxyl groups excluding tert-OH is 1. The molecule has 0 radical (unpaired) electrons. The van der Waals surface area contributed by atoms with E-state index >= 15 is 0 Å². The molecule has 0 aromatic heterocycles. The van der Waals surface area contributed by atoms with Crippen molar-refractivity contribution in [2.45, 2.75) is 99.5 Å². The summed E-state index contributed by atoms with van der Waals surface area (Å²) in [6.45, 7) is 15.7. The highest BCUT2D eigenvalue weighted by molar-refractivity contribution is 5.99. The fraction of sp³-hybridized carbons (Fsp3) is 0.742.